The lowest BCUT2D eigenvalue weighted by Gasteiger charge is -2.14. The average Bonchev–Trinajstić information content (AvgIpc) is 2.91. The van der Waals surface area contributed by atoms with Crippen LogP contribution in [0.1, 0.15) is 37.4 Å². The van der Waals surface area contributed by atoms with Crippen molar-refractivity contribution in [2.75, 3.05) is 5.73 Å². The standard InChI is InChI=1S/C10H15F2N3/c1-2-3-6-7(14-15-8(6)13)10(4-5-10)9(11)12/h9H,2-5H2,1H3,(H3,13,14,15). The van der Waals surface area contributed by atoms with Crippen molar-refractivity contribution in [1.82, 2.24) is 10.2 Å². The van der Waals surface area contributed by atoms with Gasteiger partial charge in [0.2, 0.25) is 6.43 Å². The molecule has 0 radical (unpaired) electrons. The summed E-state index contributed by atoms with van der Waals surface area (Å²) in [5.74, 6) is 0.374. The molecule has 84 valence electrons. The molecule has 0 aromatic carbocycles. The summed E-state index contributed by atoms with van der Waals surface area (Å²) in [5, 5.41) is 6.53. The molecule has 0 aliphatic heterocycles. The zero-order valence-corrected chi connectivity index (χ0v) is 8.69. The Labute approximate surface area is 87.0 Å². The van der Waals surface area contributed by atoms with Crippen LogP contribution >= 0.6 is 0 Å². The first-order valence-electron chi connectivity index (χ1n) is 5.23. The largest absolute Gasteiger partial charge is 0.382 e. The van der Waals surface area contributed by atoms with Gasteiger partial charge in [-0.05, 0) is 19.3 Å². The van der Waals surface area contributed by atoms with Gasteiger partial charge in [-0.1, -0.05) is 13.3 Å². The maximum atomic E-state index is 12.9. The molecule has 1 heterocycles. The second-order valence-electron chi connectivity index (χ2n) is 4.17. The number of aromatic nitrogens is 2. The number of alkyl halides is 2. The fraction of sp³-hybridized carbons (Fsp3) is 0.700. The smallest absolute Gasteiger partial charge is 0.249 e. The molecule has 2 rings (SSSR count). The first-order chi connectivity index (χ1) is 7.12. The molecule has 3 nitrogen and oxygen atoms in total. The number of rotatable bonds is 4. The van der Waals surface area contributed by atoms with Crippen molar-refractivity contribution in [3.63, 3.8) is 0 Å². The number of nitrogens with zero attached hydrogens (tertiary/aromatic N) is 1. The number of nitrogen functional groups attached to an aromatic ring is 1. The minimum atomic E-state index is -2.33. The van der Waals surface area contributed by atoms with E-state index in [9.17, 15) is 8.78 Å². The molecule has 1 saturated carbocycles. The second-order valence-corrected chi connectivity index (χ2v) is 4.17. The van der Waals surface area contributed by atoms with Crippen LogP contribution in [0.2, 0.25) is 0 Å². The molecule has 0 bridgehead atoms. The van der Waals surface area contributed by atoms with Crippen LogP contribution in [0.3, 0.4) is 0 Å². The van der Waals surface area contributed by atoms with Gasteiger partial charge in [0.25, 0.3) is 0 Å². The van der Waals surface area contributed by atoms with E-state index in [4.69, 9.17) is 5.73 Å². The van der Waals surface area contributed by atoms with Crippen LogP contribution in [-0.4, -0.2) is 16.6 Å². The summed E-state index contributed by atoms with van der Waals surface area (Å²) in [6.45, 7) is 2.00. The van der Waals surface area contributed by atoms with E-state index in [1.807, 2.05) is 6.92 Å². The van der Waals surface area contributed by atoms with Crippen LogP contribution in [0, 0.1) is 0 Å². The Morgan fingerprint density at radius 2 is 2.20 bits per heavy atom. The van der Waals surface area contributed by atoms with E-state index in [0.29, 0.717) is 30.8 Å². The molecule has 15 heavy (non-hydrogen) atoms. The molecule has 0 unspecified atom stereocenters. The molecule has 1 aromatic heterocycles. The summed E-state index contributed by atoms with van der Waals surface area (Å²) in [4.78, 5) is 0. The van der Waals surface area contributed by atoms with Crippen molar-refractivity contribution in [3.8, 4) is 0 Å². The Kier molecular flexibility index (Phi) is 2.40. The van der Waals surface area contributed by atoms with Gasteiger partial charge >= 0.3 is 0 Å². The molecule has 0 atom stereocenters. The van der Waals surface area contributed by atoms with Crippen LogP contribution in [0.25, 0.3) is 0 Å². The number of hydrogen-bond acceptors (Lipinski definition) is 2. The quantitative estimate of drug-likeness (QED) is 0.809. The van der Waals surface area contributed by atoms with E-state index in [1.165, 1.54) is 0 Å². The van der Waals surface area contributed by atoms with Gasteiger partial charge in [-0.25, -0.2) is 8.78 Å². The molecule has 1 aliphatic carbocycles. The zero-order valence-electron chi connectivity index (χ0n) is 8.69. The number of H-pyrrole nitrogens is 1. The molecule has 1 aromatic rings. The number of hydrogen-bond donors (Lipinski definition) is 2. The van der Waals surface area contributed by atoms with E-state index in [2.05, 4.69) is 10.2 Å². The van der Waals surface area contributed by atoms with Gasteiger partial charge in [0, 0.05) is 5.56 Å². The highest BCUT2D eigenvalue weighted by Gasteiger charge is 2.55. The molecule has 0 amide bonds. The van der Waals surface area contributed by atoms with Gasteiger partial charge in [0.15, 0.2) is 0 Å². The van der Waals surface area contributed by atoms with Crippen molar-refractivity contribution in [1.29, 1.82) is 0 Å². The molecule has 3 N–H and O–H groups in total. The van der Waals surface area contributed by atoms with Gasteiger partial charge in [0.05, 0.1) is 11.1 Å². The van der Waals surface area contributed by atoms with E-state index in [-0.39, 0.29) is 0 Å². The first-order valence-corrected chi connectivity index (χ1v) is 5.23. The lowest BCUT2D eigenvalue weighted by atomic mass is 9.96. The van der Waals surface area contributed by atoms with Gasteiger partial charge in [-0.3, -0.25) is 5.10 Å². The normalized spacial score (nSPS) is 18.4. The highest BCUT2D eigenvalue weighted by Crippen LogP contribution is 2.53. The van der Waals surface area contributed by atoms with Crippen LogP contribution in [0.5, 0.6) is 0 Å². The van der Waals surface area contributed by atoms with Crippen LogP contribution in [0.4, 0.5) is 14.6 Å². The van der Waals surface area contributed by atoms with Crippen molar-refractivity contribution in [3.05, 3.63) is 11.3 Å². The maximum absolute atomic E-state index is 12.9. The van der Waals surface area contributed by atoms with Crippen LogP contribution in [0.15, 0.2) is 0 Å². The van der Waals surface area contributed by atoms with Crippen LogP contribution < -0.4 is 5.73 Å². The van der Waals surface area contributed by atoms with E-state index >= 15 is 0 Å². The number of nitrogens with one attached hydrogen (secondary N) is 1. The lowest BCUT2D eigenvalue weighted by Crippen LogP contribution is -2.19. The molecule has 1 aliphatic rings. The average molecular weight is 215 g/mol. The van der Waals surface area contributed by atoms with Gasteiger partial charge in [-0.15, -0.1) is 0 Å². The Bertz CT molecular complexity index is 356. The Balaban J connectivity index is 2.36. The molecule has 0 spiro atoms. The van der Waals surface area contributed by atoms with Gasteiger partial charge < -0.3 is 5.73 Å². The number of aromatic amines is 1. The van der Waals surface area contributed by atoms with E-state index in [0.717, 1.165) is 12.0 Å². The van der Waals surface area contributed by atoms with Crippen molar-refractivity contribution in [2.24, 2.45) is 0 Å². The monoisotopic (exact) mass is 215 g/mol. The van der Waals surface area contributed by atoms with Gasteiger partial charge in [-0.2, -0.15) is 5.10 Å². The Hall–Kier alpha value is -1.13. The molecular weight excluding hydrogens is 200 g/mol. The predicted octanol–water partition coefficient (Wildman–Crippen LogP) is 2.24. The predicted molar refractivity (Wildman–Crippen MR) is 53.9 cm³/mol. The summed E-state index contributed by atoms with van der Waals surface area (Å²) >= 11 is 0. The van der Waals surface area contributed by atoms with Gasteiger partial charge in [0.1, 0.15) is 5.82 Å². The fourth-order valence-electron chi connectivity index (χ4n) is 2.01. The molecule has 1 fully saturated rings. The lowest BCUT2D eigenvalue weighted by molar-refractivity contribution is 0.0993. The highest BCUT2D eigenvalue weighted by molar-refractivity contribution is 5.47. The third-order valence-electron chi connectivity index (χ3n) is 3.10. The Morgan fingerprint density at radius 1 is 1.53 bits per heavy atom. The summed E-state index contributed by atoms with van der Waals surface area (Å²) in [6, 6.07) is 0. The summed E-state index contributed by atoms with van der Waals surface area (Å²) < 4.78 is 25.8. The number of halogens is 2. The summed E-state index contributed by atoms with van der Waals surface area (Å²) in [5.41, 5.74) is 6.04. The summed E-state index contributed by atoms with van der Waals surface area (Å²) in [6.07, 6.45) is 0.335. The van der Waals surface area contributed by atoms with E-state index < -0.39 is 11.8 Å². The van der Waals surface area contributed by atoms with E-state index in [1.54, 1.807) is 0 Å². The molecule has 5 heteroatoms. The maximum Gasteiger partial charge on any atom is 0.249 e. The number of nitrogens with two attached hydrogens (primary N) is 1. The molecule has 0 saturated heterocycles. The van der Waals surface area contributed by atoms with Crippen molar-refractivity contribution >= 4 is 5.82 Å². The van der Waals surface area contributed by atoms with Crippen LogP contribution in [-0.2, 0) is 11.8 Å². The second kappa shape index (κ2) is 3.47. The third-order valence-corrected chi connectivity index (χ3v) is 3.10. The van der Waals surface area contributed by atoms with Crippen molar-refractivity contribution < 1.29 is 8.78 Å². The summed E-state index contributed by atoms with van der Waals surface area (Å²) in [7, 11) is 0. The minimum Gasteiger partial charge on any atom is -0.382 e. The Morgan fingerprint density at radius 3 is 2.67 bits per heavy atom. The van der Waals surface area contributed by atoms with Crippen molar-refractivity contribution in [2.45, 2.75) is 44.4 Å². The topological polar surface area (TPSA) is 54.7 Å². The first kappa shape index (κ1) is 10.4. The highest BCUT2D eigenvalue weighted by atomic mass is 19.3. The number of anilines is 1. The zero-order chi connectivity index (χ0) is 11.1. The fourth-order valence-corrected chi connectivity index (χ4v) is 2.01. The third kappa shape index (κ3) is 1.50. The molecular formula is C10H15F2N3. The SMILES string of the molecule is CCCc1c(N)n[nH]c1C1(C(F)F)CC1. The minimum absolute atomic E-state index is 0.374.